The lowest BCUT2D eigenvalue weighted by Crippen LogP contribution is -2.38. The Kier molecular flexibility index (Phi) is 7.69. The summed E-state index contributed by atoms with van der Waals surface area (Å²) in [6.45, 7) is 2.54. The predicted octanol–water partition coefficient (Wildman–Crippen LogP) is 1.85. The highest BCUT2D eigenvalue weighted by Crippen LogP contribution is 2.10. The molecule has 6 nitrogen and oxygen atoms in total. The van der Waals surface area contributed by atoms with E-state index in [1.165, 1.54) is 25.7 Å². The zero-order valence-electron chi connectivity index (χ0n) is 12.8. The Balaban J connectivity index is 0.00000220. The van der Waals surface area contributed by atoms with Gasteiger partial charge in [0.1, 0.15) is 0 Å². The van der Waals surface area contributed by atoms with Crippen LogP contribution in [0, 0.1) is 0 Å². The summed E-state index contributed by atoms with van der Waals surface area (Å²) in [5.74, 6) is 1.34. The maximum absolute atomic E-state index is 6.09. The van der Waals surface area contributed by atoms with Gasteiger partial charge >= 0.3 is 0 Å². The van der Waals surface area contributed by atoms with Crippen LogP contribution in [-0.2, 0) is 6.54 Å². The van der Waals surface area contributed by atoms with E-state index in [9.17, 15) is 0 Å². The standard InChI is InChI=1S/C14H24N6.HI/c1-19(2)14-16-8-7-12(18-14)11-17-13(15)20-9-5-3-4-6-10-20;/h7-8H,3-6,9-11H2,1-2H3,(H2,15,17);1H. The van der Waals surface area contributed by atoms with Crippen molar-refractivity contribution >= 4 is 35.9 Å². The molecule has 1 aromatic rings. The van der Waals surface area contributed by atoms with Crippen LogP contribution in [0.4, 0.5) is 5.95 Å². The van der Waals surface area contributed by atoms with Gasteiger partial charge in [-0.05, 0) is 18.9 Å². The molecule has 0 aromatic carbocycles. The van der Waals surface area contributed by atoms with Gasteiger partial charge in [0.05, 0.1) is 12.2 Å². The summed E-state index contributed by atoms with van der Waals surface area (Å²) in [4.78, 5) is 17.2. The van der Waals surface area contributed by atoms with Gasteiger partial charge in [-0.1, -0.05) is 12.8 Å². The van der Waals surface area contributed by atoms with Crippen LogP contribution in [0.3, 0.4) is 0 Å². The van der Waals surface area contributed by atoms with Crippen LogP contribution in [0.25, 0.3) is 0 Å². The molecule has 0 aliphatic carbocycles. The maximum Gasteiger partial charge on any atom is 0.225 e. The number of halogens is 1. The largest absolute Gasteiger partial charge is 0.370 e. The number of nitrogens with two attached hydrogens (primary N) is 1. The normalized spacial score (nSPS) is 16.1. The van der Waals surface area contributed by atoms with E-state index in [0.29, 0.717) is 18.5 Å². The van der Waals surface area contributed by atoms with E-state index in [1.54, 1.807) is 6.20 Å². The summed E-state index contributed by atoms with van der Waals surface area (Å²) in [7, 11) is 3.85. The van der Waals surface area contributed by atoms with E-state index in [4.69, 9.17) is 5.73 Å². The molecule has 1 fully saturated rings. The molecule has 21 heavy (non-hydrogen) atoms. The molecule has 0 bridgehead atoms. The molecule has 0 radical (unpaired) electrons. The highest BCUT2D eigenvalue weighted by molar-refractivity contribution is 14.0. The summed E-state index contributed by atoms with van der Waals surface area (Å²) >= 11 is 0. The van der Waals surface area contributed by atoms with Crippen LogP contribution >= 0.6 is 24.0 Å². The van der Waals surface area contributed by atoms with Gasteiger partial charge in [-0.2, -0.15) is 0 Å². The second-order valence-corrected chi connectivity index (χ2v) is 5.32. The number of likely N-dealkylation sites (tertiary alicyclic amines) is 1. The van der Waals surface area contributed by atoms with Crippen molar-refractivity contribution in [3.63, 3.8) is 0 Å². The second kappa shape index (κ2) is 9.01. The topological polar surface area (TPSA) is 70.6 Å². The molecule has 7 heteroatoms. The number of aliphatic imine (C=N–C) groups is 1. The molecule has 2 rings (SSSR count). The lowest BCUT2D eigenvalue weighted by atomic mass is 10.2. The van der Waals surface area contributed by atoms with E-state index >= 15 is 0 Å². The Morgan fingerprint density at radius 1 is 1.29 bits per heavy atom. The number of hydrogen-bond donors (Lipinski definition) is 1. The third-order valence-corrected chi connectivity index (χ3v) is 3.43. The van der Waals surface area contributed by atoms with Crippen molar-refractivity contribution in [2.45, 2.75) is 32.2 Å². The Morgan fingerprint density at radius 3 is 2.57 bits per heavy atom. The minimum absolute atomic E-state index is 0. The van der Waals surface area contributed by atoms with Crippen LogP contribution in [0.2, 0.25) is 0 Å². The van der Waals surface area contributed by atoms with E-state index in [0.717, 1.165) is 18.8 Å². The highest BCUT2D eigenvalue weighted by atomic mass is 127. The summed E-state index contributed by atoms with van der Waals surface area (Å²) in [5, 5.41) is 0. The quantitative estimate of drug-likeness (QED) is 0.473. The smallest absolute Gasteiger partial charge is 0.225 e. The number of guanidine groups is 1. The van der Waals surface area contributed by atoms with Crippen LogP contribution in [-0.4, -0.2) is 48.0 Å². The molecule has 0 saturated carbocycles. The lowest BCUT2D eigenvalue weighted by Gasteiger charge is -2.21. The number of anilines is 1. The van der Waals surface area contributed by atoms with E-state index in [1.807, 2.05) is 25.1 Å². The molecular weight excluding hydrogens is 379 g/mol. The Bertz CT molecular complexity index is 455. The lowest BCUT2D eigenvalue weighted by molar-refractivity contribution is 0.428. The van der Waals surface area contributed by atoms with Gasteiger partial charge in [0.2, 0.25) is 5.95 Å². The average Bonchev–Trinajstić information content (AvgIpc) is 2.74. The fourth-order valence-corrected chi connectivity index (χ4v) is 2.25. The fraction of sp³-hybridized carbons (Fsp3) is 0.643. The third-order valence-electron chi connectivity index (χ3n) is 3.43. The van der Waals surface area contributed by atoms with E-state index in [2.05, 4.69) is 19.9 Å². The van der Waals surface area contributed by atoms with Gasteiger partial charge in [-0.15, -0.1) is 24.0 Å². The molecular formula is C14H25IN6. The third kappa shape index (κ3) is 5.64. The average molecular weight is 404 g/mol. The van der Waals surface area contributed by atoms with Crippen molar-refractivity contribution in [1.29, 1.82) is 0 Å². The molecule has 2 N–H and O–H groups in total. The molecule has 0 atom stereocenters. The van der Waals surface area contributed by atoms with Crippen LogP contribution < -0.4 is 10.6 Å². The molecule has 0 unspecified atom stereocenters. The van der Waals surface area contributed by atoms with Crippen molar-refractivity contribution in [2.24, 2.45) is 10.7 Å². The summed E-state index contributed by atoms with van der Waals surface area (Å²) in [6.07, 6.45) is 6.75. The van der Waals surface area contributed by atoms with Crippen molar-refractivity contribution < 1.29 is 0 Å². The molecule has 1 aromatic heterocycles. The van der Waals surface area contributed by atoms with Gasteiger partial charge in [0.25, 0.3) is 0 Å². The fourth-order valence-electron chi connectivity index (χ4n) is 2.25. The molecule has 1 saturated heterocycles. The number of rotatable bonds is 3. The Morgan fingerprint density at radius 2 is 1.95 bits per heavy atom. The number of hydrogen-bond acceptors (Lipinski definition) is 4. The maximum atomic E-state index is 6.09. The molecule has 2 heterocycles. The first-order chi connectivity index (χ1) is 9.66. The summed E-state index contributed by atoms with van der Waals surface area (Å²) in [5.41, 5.74) is 6.98. The predicted molar refractivity (Wildman–Crippen MR) is 97.1 cm³/mol. The molecule has 118 valence electrons. The van der Waals surface area contributed by atoms with Crippen LogP contribution in [0.15, 0.2) is 17.3 Å². The SMILES string of the molecule is CN(C)c1nccc(CN=C(N)N2CCCCCC2)n1.I. The number of nitrogens with zero attached hydrogens (tertiary/aromatic N) is 5. The number of aromatic nitrogens is 2. The first kappa shape index (κ1) is 17.9. The first-order valence-electron chi connectivity index (χ1n) is 7.21. The highest BCUT2D eigenvalue weighted by Gasteiger charge is 2.10. The zero-order valence-corrected chi connectivity index (χ0v) is 15.2. The Hall–Kier alpha value is -1.12. The van der Waals surface area contributed by atoms with Crippen LogP contribution in [0.1, 0.15) is 31.4 Å². The van der Waals surface area contributed by atoms with E-state index < -0.39 is 0 Å². The second-order valence-electron chi connectivity index (χ2n) is 5.32. The van der Waals surface area contributed by atoms with Crippen molar-refractivity contribution in [3.05, 3.63) is 18.0 Å². The van der Waals surface area contributed by atoms with Crippen molar-refractivity contribution in [1.82, 2.24) is 14.9 Å². The Labute approximate surface area is 143 Å². The molecule has 0 spiro atoms. The van der Waals surface area contributed by atoms with Crippen LogP contribution in [0.5, 0.6) is 0 Å². The van der Waals surface area contributed by atoms with Gasteiger partial charge in [-0.25, -0.2) is 15.0 Å². The molecule has 1 aliphatic rings. The monoisotopic (exact) mass is 404 g/mol. The van der Waals surface area contributed by atoms with Gasteiger partial charge < -0.3 is 15.5 Å². The van der Waals surface area contributed by atoms with E-state index in [-0.39, 0.29) is 24.0 Å². The minimum atomic E-state index is 0. The van der Waals surface area contributed by atoms with Crippen molar-refractivity contribution in [2.75, 3.05) is 32.1 Å². The van der Waals surface area contributed by atoms with Gasteiger partial charge in [0, 0.05) is 33.4 Å². The molecule has 1 aliphatic heterocycles. The van der Waals surface area contributed by atoms with Gasteiger partial charge in [-0.3, -0.25) is 0 Å². The summed E-state index contributed by atoms with van der Waals surface area (Å²) in [6, 6.07) is 1.88. The van der Waals surface area contributed by atoms with Gasteiger partial charge in [0.15, 0.2) is 5.96 Å². The molecule has 0 amide bonds. The van der Waals surface area contributed by atoms with Crippen molar-refractivity contribution in [3.8, 4) is 0 Å². The minimum Gasteiger partial charge on any atom is -0.370 e. The first-order valence-corrected chi connectivity index (χ1v) is 7.21. The summed E-state index contributed by atoms with van der Waals surface area (Å²) < 4.78 is 0. The zero-order chi connectivity index (χ0) is 14.4.